The first-order valence-corrected chi connectivity index (χ1v) is 9.55. The topological polar surface area (TPSA) is 46.1 Å². The largest absolute Gasteiger partial charge is 0.338 e. The zero-order valence-corrected chi connectivity index (χ0v) is 15.2. The van der Waals surface area contributed by atoms with Crippen LogP contribution in [0.4, 0.5) is 0 Å². The molecule has 0 fully saturated rings. The van der Waals surface area contributed by atoms with Gasteiger partial charge >= 0.3 is 0 Å². The number of aromatic nitrogens is 2. The molecule has 0 saturated carbocycles. The quantitative estimate of drug-likeness (QED) is 0.704. The predicted molar refractivity (Wildman–Crippen MR) is 105 cm³/mol. The maximum atomic E-state index is 12.6. The van der Waals surface area contributed by atoms with E-state index < -0.39 is 0 Å². The lowest BCUT2D eigenvalue weighted by molar-refractivity contribution is -0.130. The minimum absolute atomic E-state index is 0.131. The lowest BCUT2D eigenvalue weighted by Crippen LogP contribution is -2.35. The molecule has 4 rings (SSSR count). The van der Waals surface area contributed by atoms with Gasteiger partial charge in [0.25, 0.3) is 0 Å². The zero-order chi connectivity index (χ0) is 17.8. The Morgan fingerprint density at radius 2 is 1.96 bits per heavy atom. The molecule has 4 nitrogen and oxygen atoms in total. The maximum absolute atomic E-state index is 12.6. The first-order valence-electron chi connectivity index (χ1n) is 8.67. The molecule has 1 aromatic carbocycles. The van der Waals surface area contributed by atoms with Crippen LogP contribution in [0.15, 0.2) is 66.2 Å². The molecule has 1 aliphatic heterocycles. The highest BCUT2D eigenvalue weighted by Gasteiger charge is 2.19. The second kappa shape index (κ2) is 7.62. The van der Waals surface area contributed by atoms with Crippen LogP contribution in [0.3, 0.4) is 0 Å². The smallest absolute Gasteiger partial charge is 0.228 e. The van der Waals surface area contributed by atoms with Gasteiger partial charge in [-0.05, 0) is 29.7 Å². The summed E-state index contributed by atoms with van der Waals surface area (Å²) >= 11 is 1.53. The summed E-state index contributed by atoms with van der Waals surface area (Å²) in [5, 5.41) is 2.81. The van der Waals surface area contributed by atoms with Gasteiger partial charge in [-0.3, -0.25) is 9.78 Å². The van der Waals surface area contributed by atoms with Crippen molar-refractivity contribution in [2.24, 2.45) is 0 Å². The van der Waals surface area contributed by atoms with E-state index in [1.165, 1.54) is 22.5 Å². The van der Waals surface area contributed by atoms with Gasteiger partial charge in [-0.15, -0.1) is 11.3 Å². The van der Waals surface area contributed by atoms with Gasteiger partial charge in [0.15, 0.2) is 0 Å². The van der Waals surface area contributed by atoms with E-state index in [0.29, 0.717) is 13.0 Å². The summed E-state index contributed by atoms with van der Waals surface area (Å²) in [5.41, 5.74) is 4.24. The van der Waals surface area contributed by atoms with Crippen LogP contribution in [-0.4, -0.2) is 33.9 Å². The highest BCUT2D eigenvalue weighted by molar-refractivity contribution is 7.13. The Morgan fingerprint density at radius 3 is 2.69 bits per heavy atom. The minimum Gasteiger partial charge on any atom is -0.338 e. The molecule has 3 heterocycles. The van der Waals surface area contributed by atoms with Gasteiger partial charge in [-0.1, -0.05) is 42.5 Å². The van der Waals surface area contributed by atoms with Crippen molar-refractivity contribution in [2.45, 2.75) is 12.8 Å². The number of rotatable bonds is 4. The van der Waals surface area contributed by atoms with Gasteiger partial charge in [0.1, 0.15) is 5.01 Å². The SMILES string of the molecule is O=C(Cc1csc(-c2ccccn2)n1)N1CC=C(c2ccccc2)CC1. The number of thiazole rings is 1. The molecule has 5 heteroatoms. The van der Waals surface area contributed by atoms with Crippen LogP contribution >= 0.6 is 11.3 Å². The number of carbonyl (C=O) groups is 1. The molecular formula is C21H19N3OS. The standard InChI is InChI=1S/C21H19N3OS/c25-20(14-18-15-26-21(23-18)19-8-4-5-11-22-19)24-12-9-17(10-13-24)16-6-2-1-3-7-16/h1-9,11,15H,10,12-14H2. The number of hydrogen-bond donors (Lipinski definition) is 0. The molecule has 3 aromatic rings. The van der Waals surface area contributed by atoms with Gasteiger partial charge in [-0.2, -0.15) is 0 Å². The van der Waals surface area contributed by atoms with E-state index in [-0.39, 0.29) is 5.91 Å². The number of benzene rings is 1. The highest BCUT2D eigenvalue weighted by atomic mass is 32.1. The molecule has 0 aliphatic carbocycles. The van der Waals surface area contributed by atoms with Crippen molar-refractivity contribution in [1.82, 2.24) is 14.9 Å². The first-order chi connectivity index (χ1) is 12.8. The van der Waals surface area contributed by atoms with Crippen molar-refractivity contribution in [3.63, 3.8) is 0 Å². The Balaban J connectivity index is 1.39. The second-order valence-electron chi connectivity index (χ2n) is 6.22. The molecule has 1 amide bonds. The van der Waals surface area contributed by atoms with Gasteiger partial charge in [0.05, 0.1) is 17.8 Å². The van der Waals surface area contributed by atoms with E-state index >= 15 is 0 Å². The number of carbonyl (C=O) groups excluding carboxylic acids is 1. The van der Waals surface area contributed by atoms with Gasteiger partial charge in [0, 0.05) is 24.7 Å². The van der Waals surface area contributed by atoms with Crippen LogP contribution < -0.4 is 0 Å². The lowest BCUT2D eigenvalue weighted by Gasteiger charge is -2.26. The van der Waals surface area contributed by atoms with E-state index in [4.69, 9.17) is 0 Å². The van der Waals surface area contributed by atoms with Gasteiger partial charge in [0.2, 0.25) is 5.91 Å². The van der Waals surface area contributed by atoms with E-state index in [9.17, 15) is 4.79 Å². The maximum Gasteiger partial charge on any atom is 0.228 e. The molecule has 0 unspecified atom stereocenters. The minimum atomic E-state index is 0.131. The number of amides is 1. The average Bonchev–Trinajstić information content (AvgIpc) is 3.18. The molecule has 0 bridgehead atoms. The average molecular weight is 361 g/mol. The fraction of sp³-hybridized carbons (Fsp3) is 0.190. The first kappa shape index (κ1) is 16.7. The van der Waals surface area contributed by atoms with Crippen molar-refractivity contribution in [3.05, 3.63) is 77.4 Å². The fourth-order valence-corrected chi connectivity index (χ4v) is 3.87. The lowest BCUT2D eigenvalue weighted by atomic mass is 9.99. The summed E-state index contributed by atoms with van der Waals surface area (Å²) in [4.78, 5) is 23.4. The summed E-state index contributed by atoms with van der Waals surface area (Å²) in [6.45, 7) is 1.43. The molecule has 0 atom stereocenters. The zero-order valence-electron chi connectivity index (χ0n) is 14.3. The highest BCUT2D eigenvalue weighted by Crippen LogP contribution is 2.24. The van der Waals surface area contributed by atoms with Gasteiger partial charge in [-0.25, -0.2) is 4.98 Å². The summed E-state index contributed by atoms with van der Waals surface area (Å²) in [6, 6.07) is 16.1. The predicted octanol–water partition coefficient (Wildman–Crippen LogP) is 4.06. The van der Waals surface area contributed by atoms with Crippen molar-refractivity contribution < 1.29 is 4.79 Å². The van der Waals surface area contributed by atoms with Gasteiger partial charge < -0.3 is 4.90 Å². The Morgan fingerprint density at radius 1 is 1.12 bits per heavy atom. The van der Waals surface area contributed by atoms with Crippen LogP contribution in [0.1, 0.15) is 17.7 Å². The molecular weight excluding hydrogens is 342 g/mol. The number of pyridine rings is 1. The molecule has 0 spiro atoms. The summed E-state index contributed by atoms with van der Waals surface area (Å²) < 4.78 is 0. The normalized spacial score (nSPS) is 14.2. The van der Waals surface area contributed by atoms with E-state index in [1.54, 1.807) is 6.20 Å². The summed E-state index contributed by atoms with van der Waals surface area (Å²) in [6.07, 6.45) is 5.16. The second-order valence-corrected chi connectivity index (χ2v) is 7.08. The third-order valence-corrected chi connectivity index (χ3v) is 5.39. The fourth-order valence-electron chi connectivity index (χ4n) is 3.07. The summed E-state index contributed by atoms with van der Waals surface area (Å²) in [5.74, 6) is 0.131. The van der Waals surface area contributed by atoms with Crippen LogP contribution in [0.25, 0.3) is 16.3 Å². The third-order valence-electron chi connectivity index (χ3n) is 4.47. The van der Waals surface area contributed by atoms with Crippen LogP contribution in [0.5, 0.6) is 0 Å². The van der Waals surface area contributed by atoms with Crippen LogP contribution in [-0.2, 0) is 11.2 Å². The molecule has 26 heavy (non-hydrogen) atoms. The van der Waals surface area contributed by atoms with E-state index in [1.807, 2.05) is 34.5 Å². The van der Waals surface area contributed by atoms with Crippen molar-refractivity contribution in [1.29, 1.82) is 0 Å². The number of hydrogen-bond acceptors (Lipinski definition) is 4. The molecule has 2 aromatic heterocycles. The molecule has 0 saturated heterocycles. The van der Waals surface area contributed by atoms with Crippen molar-refractivity contribution >= 4 is 22.8 Å². The van der Waals surface area contributed by atoms with E-state index in [0.717, 1.165) is 29.4 Å². The Bertz CT molecular complexity index is 919. The molecule has 130 valence electrons. The monoisotopic (exact) mass is 361 g/mol. The Hall–Kier alpha value is -2.79. The number of nitrogens with zero attached hydrogens (tertiary/aromatic N) is 3. The molecule has 0 N–H and O–H groups in total. The van der Waals surface area contributed by atoms with Crippen molar-refractivity contribution in [3.8, 4) is 10.7 Å². The van der Waals surface area contributed by atoms with Crippen LogP contribution in [0, 0.1) is 0 Å². The van der Waals surface area contributed by atoms with Crippen LogP contribution in [0.2, 0.25) is 0 Å². The summed E-state index contributed by atoms with van der Waals surface area (Å²) in [7, 11) is 0. The molecule has 1 aliphatic rings. The Labute approximate surface area is 156 Å². The van der Waals surface area contributed by atoms with Crippen molar-refractivity contribution in [2.75, 3.05) is 13.1 Å². The molecule has 0 radical (unpaired) electrons. The van der Waals surface area contributed by atoms with E-state index in [2.05, 4.69) is 40.3 Å². The Kier molecular flexibility index (Phi) is 4.88. The third kappa shape index (κ3) is 3.73.